The lowest BCUT2D eigenvalue weighted by atomic mass is 10.1. The summed E-state index contributed by atoms with van der Waals surface area (Å²) in [4.78, 5) is 36.4. The molecule has 34 heavy (non-hydrogen) atoms. The Hall–Kier alpha value is -2.76. The van der Waals surface area contributed by atoms with Gasteiger partial charge in [-0.3, -0.25) is 9.36 Å². The van der Waals surface area contributed by atoms with Gasteiger partial charge in [-0.1, -0.05) is 12.1 Å². The molecular weight excluding hydrogens is 473 g/mol. The number of carboxylic acids is 1. The molecule has 1 heterocycles. The molecule has 0 atom stereocenters. The third-order valence-electron chi connectivity index (χ3n) is 5.01. The number of aliphatic carboxylic acids is 1. The summed E-state index contributed by atoms with van der Waals surface area (Å²) >= 11 is 1.21. The highest BCUT2D eigenvalue weighted by atomic mass is 32.2. The van der Waals surface area contributed by atoms with Crippen LogP contribution in [0.1, 0.15) is 45.1 Å². The van der Waals surface area contributed by atoms with Gasteiger partial charge in [0, 0.05) is 31.5 Å². The average molecular weight is 502 g/mol. The maximum Gasteiger partial charge on any atom is 0.389 e. The van der Waals surface area contributed by atoms with E-state index in [0.29, 0.717) is 13.0 Å². The molecule has 12 heteroatoms. The van der Waals surface area contributed by atoms with Gasteiger partial charge in [-0.05, 0) is 57.2 Å². The summed E-state index contributed by atoms with van der Waals surface area (Å²) in [6.45, 7) is 3.31. The first-order valence-electron chi connectivity index (χ1n) is 10.8. The Morgan fingerprint density at radius 3 is 2.53 bits per heavy atom. The molecule has 0 radical (unpaired) electrons. The summed E-state index contributed by atoms with van der Waals surface area (Å²) in [6.07, 6.45) is -3.53. The van der Waals surface area contributed by atoms with Crippen molar-refractivity contribution in [3.8, 4) is 0 Å². The summed E-state index contributed by atoms with van der Waals surface area (Å²) in [5.74, 6) is -1.22. The molecule has 0 unspecified atom stereocenters. The van der Waals surface area contributed by atoms with Gasteiger partial charge in [0.2, 0.25) is 5.82 Å². The summed E-state index contributed by atoms with van der Waals surface area (Å²) < 4.78 is 37.7. The number of benzene rings is 1. The van der Waals surface area contributed by atoms with Gasteiger partial charge in [-0.25, -0.2) is 9.48 Å². The van der Waals surface area contributed by atoms with Gasteiger partial charge in [-0.2, -0.15) is 13.2 Å². The number of carboxylic acid groups (broad SMARTS) is 1. The Kier molecular flexibility index (Phi) is 9.37. The Bertz CT molecular complexity index is 1110. The number of thioether (sulfide) groups is 1. The normalized spacial score (nSPS) is 12.1. The minimum absolute atomic E-state index is 0.0861. The number of hydrogen-bond acceptors (Lipinski definition) is 7. The average Bonchev–Trinajstić information content (AvgIpc) is 2.73. The highest BCUT2D eigenvalue weighted by Crippen LogP contribution is 2.32. The van der Waals surface area contributed by atoms with Crippen LogP contribution in [0, 0.1) is 0 Å². The van der Waals surface area contributed by atoms with Crippen LogP contribution in [0.3, 0.4) is 0 Å². The van der Waals surface area contributed by atoms with E-state index in [1.54, 1.807) is 13.8 Å². The van der Waals surface area contributed by atoms with E-state index in [1.165, 1.54) is 18.8 Å². The zero-order valence-electron chi connectivity index (χ0n) is 19.3. The Labute approximate surface area is 199 Å². The van der Waals surface area contributed by atoms with Gasteiger partial charge >= 0.3 is 11.9 Å². The number of unbranched alkanes of at least 4 members (excludes halogenated alkanes) is 1. The van der Waals surface area contributed by atoms with Crippen molar-refractivity contribution < 1.29 is 23.1 Å². The summed E-state index contributed by atoms with van der Waals surface area (Å²) in [5.41, 5.74) is -0.374. The predicted molar refractivity (Wildman–Crippen MR) is 122 cm³/mol. The number of carbonyl (C=O) groups excluding carboxylic acids is 1. The van der Waals surface area contributed by atoms with Crippen molar-refractivity contribution in [3.63, 3.8) is 0 Å². The molecule has 1 aromatic carbocycles. The predicted octanol–water partition coefficient (Wildman–Crippen LogP) is 2.34. The third-order valence-corrected chi connectivity index (χ3v) is 6.18. The number of aryl methyl sites for hydroxylation is 2. The summed E-state index contributed by atoms with van der Waals surface area (Å²) in [6, 6.07) is 7.57. The van der Waals surface area contributed by atoms with Gasteiger partial charge in [0.15, 0.2) is 0 Å². The van der Waals surface area contributed by atoms with Crippen LogP contribution >= 0.6 is 11.8 Å². The van der Waals surface area contributed by atoms with Gasteiger partial charge in [0.05, 0.1) is 10.7 Å². The highest BCUT2D eigenvalue weighted by Gasteiger charge is 2.26. The Balaban J connectivity index is 1.90. The monoisotopic (exact) mass is 501 g/mol. The molecule has 0 amide bonds. The lowest BCUT2D eigenvalue weighted by Crippen LogP contribution is -2.41. The number of carbonyl (C=O) groups is 1. The van der Waals surface area contributed by atoms with Crippen molar-refractivity contribution in [2.45, 2.75) is 68.3 Å². The lowest BCUT2D eigenvalue weighted by molar-refractivity contribution is -0.308. The van der Waals surface area contributed by atoms with Crippen molar-refractivity contribution in [3.05, 3.63) is 50.7 Å². The van der Waals surface area contributed by atoms with Gasteiger partial charge in [0.25, 0.3) is 5.56 Å². The van der Waals surface area contributed by atoms with Crippen LogP contribution in [-0.2, 0) is 24.8 Å². The molecule has 0 saturated carbocycles. The molecule has 188 valence electrons. The molecule has 0 spiro atoms. The Morgan fingerprint density at radius 1 is 1.18 bits per heavy atom. The van der Waals surface area contributed by atoms with Gasteiger partial charge in [-0.15, -0.1) is 16.9 Å². The minimum Gasteiger partial charge on any atom is -0.549 e. The van der Waals surface area contributed by atoms with Crippen LogP contribution in [0.2, 0.25) is 0 Å². The molecule has 0 fully saturated rings. The highest BCUT2D eigenvalue weighted by molar-refractivity contribution is 8.01. The number of nitrogens with one attached hydrogen (secondary N) is 1. The fourth-order valence-electron chi connectivity index (χ4n) is 3.07. The maximum absolute atomic E-state index is 12.4. The van der Waals surface area contributed by atoms with Crippen molar-refractivity contribution in [2.75, 3.05) is 11.9 Å². The van der Waals surface area contributed by atoms with Crippen LogP contribution in [-0.4, -0.2) is 37.8 Å². The quantitative estimate of drug-likeness (QED) is 0.351. The van der Waals surface area contributed by atoms with Crippen molar-refractivity contribution in [1.29, 1.82) is 0 Å². The number of aromatic nitrogens is 3. The molecule has 0 bridgehead atoms. The number of anilines is 1. The van der Waals surface area contributed by atoms with Gasteiger partial charge in [0.1, 0.15) is 0 Å². The van der Waals surface area contributed by atoms with Crippen LogP contribution in [0.25, 0.3) is 0 Å². The first kappa shape index (κ1) is 27.5. The largest absolute Gasteiger partial charge is 0.549 e. The van der Waals surface area contributed by atoms with E-state index < -0.39 is 34.6 Å². The second-order valence-corrected chi connectivity index (χ2v) is 10.1. The number of halogens is 3. The molecule has 1 N–H and O–H groups in total. The van der Waals surface area contributed by atoms with E-state index >= 15 is 0 Å². The first-order chi connectivity index (χ1) is 15.8. The third kappa shape index (κ3) is 8.23. The number of alkyl halides is 3. The minimum atomic E-state index is -4.33. The molecule has 2 aromatic rings. The molecule has 2 rings (SSSR count). The van der Waals surface area contributed by atoms with Crippen LogP contribution in [0.15, 0.2) is 38.8 Å². The SMILES string of the molecule is Cn1c(=O)c(NCCCCc2cccc(SC(C)(C)C(=O)[O-])c2)nn(CCCC(F)(F)F)c1=O. The van der Waals surface area contributed by atoms with E-state index in [0.717, 1.165) is 32.5 Å². The Morgan fingerprint density at radius 2 is 1.88 bits per heavy atom. The summed E-state index contributed by atoms with van der Waals surface area (Å²) in [5, 5.41) is 18.0. The molecule has 0 saturated heterocycles. The number of hydrogen-bond donors (Lipinski definition) is 1. The molecule has 0 aliphatic rings. The molecule has 0 aliphatic heterocycles. The molecule has 8 nitrogen and oxygen atoms in total. The van der Waals surface area contributed by atoms with E-state index in [2.05, 4.69) is 10.4 Å². The first-order valence-corrected chi connectivity index (χ1v) is 11.6. The zero-order chi connectivity index (χ0) is 25.5. The summed E-state index contributed by atoms with van der Waals surface area (Å²) in [7, 11) is 1.25. The van der Waals surface area contributed by atoms with E-state index in [-0.39, 0.29) is 18.8 Å². The number of rotatable bonds is 12. The van der Waals surface area contributed by atoms with Crippen LogP contribution < -0.4 is 21.7 Å². The van der Waals surface area contributed by atoms with E-state index in [4.69, 9.17) is 0 Å². The van der Waals surface area contributed by atoms with Crippen LogP contribution in [0.4, 0.5) is 19.0 Å². The van der Waals surface area contributed by atoms with E-state index in [1.807, 2.05) is 24.3 Å². The molecule has 0 aliphatic carbocycles. The molecule has 1 aromatic heterocycles. The topological polar surface area (TPSA) is 109 Å². The van der Waals surface area contributed by atoms with Crippen molar-refractivity contribution >= 4 is 23.5 Å². The fraction of sp³-hybridized carbons (Fsp3) is 0.545. The van der Waals surface area contributed by atoms with Crippen molar-refractivity contribution in [2.24, 2.45) is 7.05 Å². The van der Waals surface area contributed by atoms with Crippen molar-refractivity contribution in [1.82, 2.24) is 14.3 Å². The second kappa shape index (κ2) is 11.6. The zero-order valence-corrected chi connectivity index (χ0v) is 20.1. The maximum atomic E-state index is 12.4. The van der Waals surface area contributed by atoms with Gasteiger partial charge < -0.3 is 15.2 Å². The fourth-order valence-corrected chi connectivity index (χ4v) is 4.10. The number of nitrogens with zero attached hydrogens (tertiary/aromatic N) is 3. The molecular formula is C22H28F3N4O4S-. The second-order valence-electron chi connectivity index (χ2n) is 8.37. The lowest BCUT2D eigenvalue weighted by Gasteiger charge is -2.25. The standard InChI is InChI=1S/C22H29F3N4O4S/c1-21(2,19(31)32)34-16-10-6-9-15(14-16)8-4-5-12-26-17-18(30)28(3)20(33)29(27-17)13-7-11-22(23,24)25/h6,9-10,14H,4-5,7-8,11-13H2,1-3H3,(H,26,27)(H,31,32)/p-1. The smallest absolute Gasteiger partial charge is 0.389 e. The van der Waals surface area contributed by atoms with Crippen LogP contribution in [0.5, 0.6) is 0 Å². The van der Waals surface area contributed by atoms with E-state index in [9.17, 15) is 32.7 Å².